The van der Waals surface area contributed by atoms with Crippen molar-refractivity contribution in [2.75, 3.05) is 36.4 Å². The van der Waals surface area contributed by atoms with E-state index in [-0.39, 0.29) is 5.91 Å². The molecule has 0 aromatic carbocycles. The van der Waals surface area contributed by atoms with Gasteiger partial charge in [0, 0.05) is 72.4 Å². The number of H-pyrrole nitrogens is 1. The van der Waals surface area contributed by atoms with Crippen molar-refractivity contribution in [2.45, 2.75) is 0 Å². The zero-order chi connectivity index (χ0) is 22.2. The van der Waals surface area contributed by atoms with Crippen LogP contribution < -0.4 is 15.5 Å². The number of nitrogens with zero attached hydrogens (tertiary/aromatic N) is 4. The second kappa shape index (κ2) is 8.27. The largest absolute Gasteiger partial charge is 0.354 e. The number of thiophene rings is 1. The molecule has 0 saturated carbocycles. The molecule has 1 aliphatic heterocycles. The number of fused-ring (bicyclic) bond motifs is 2. The Morgan fingerprint density at radius 1 is 1.06 bits per heavy atom. The van der Waals surface area contributed by atoms with Crippen LogP contribution in [0, 0.1) is 0 Å². The predicted octanol–water partition coefficient (Wildman–Crippen LogP) is 3.90. The third kappa shape index (κ3) is 3.81. The predicted molar refractivity (Wildman–Crippen MR) is 132 cm³/mol. The summed E-state index contributed by atoms with van der Waals surface area (Å²) < 4.78 is 1.14. The smallest absolute Gasteiger partial charge is 0.255 e. The number of carbonyl (C=O) groups excluding carboxylic acids is 1. The number of rotatable bonds is 4. The van der Waals surface area contributed by atoms with Crippen molar-refractivity contribution in [1.29, 1.82) is 0 Å². The number of nitrogens with one attached hydrogen (secondary N) is 3. The maximum Gasteiger partial charge on any atom is 0.255 e. The Morgan fingerprint density at radius 2 is 1.97 bits per heavy atom. The lowest BCUT2D eigenvalue weighted by Gasteiger charge is -2.28. The van der Waals surface area contributed by atoms with Gasteiger partial charge in [-0.05, 0) is 35.7 Å². The monoisotopic (exact) mass is 455 g/mol. The molecule has 6 heterocycles. The van der Waals surface area contributed by atoms with Crippen molar-refractivity contribution in [3.8, 4) is 10.4 Å². The normalized spacial score (nSPS) is 14.1. The molecule has 0 spiro atoms. The lowest BCUT2D eigenvalue weighted by Crippen LogP contribution is -2.43. The zero-order valence-electron chi connectivity index (χ0n) is 17.7. The summed E-state index contributed by atoms with van der Waals surface area (Å²) in [6.07, 6.45) is 9.01. The van der Waals surface area contributed by atoms with Gasteiger partial charge < -0.3 is 20.5 Å². The molecule has 33 heavy (non-hydrogen) atoms. The van der Waals surface area contributed by atoms with E-state index < -0.39 is 0 Å². The zero-order valence-corrected chi connectivity index (χ0v) is 18.5. The number of hydrogen-bond donors (Lipinski definition) is 3. The Labute approximate surface area is 193 Å². The Bertz CT molecular complexity index is 1440. The molecule has 6 rings (SSSR count). The second-order valence-electron chi connectivity index (χ2n) is 7.94. The van der Waals surface area contributed by atoms with Crippen LogP contribution in [0.2, 0.25) is 0 Å². The number of amides is 1. The van der Waals surface area contributed by atoms with Crippen LogP contribution >= 0.6 is 11.3 Å². The second-order valence-corrected chi connectivity index (χ2v) is 9.02. The lowest BCUT2D eigenvalue weighted by atomic mass is 10.1. The Morgan fingerprint density at radius 3 is 2.85 bits per heavy atom. The van der Waals surface area contributed by atoms with Gasteiger partial charge in [0.05, 0.1) is 16.6 Å². The van der Waals surface area contributed by atoms with Crippen molar-refractivity contribution in [1.82, 2.24) is 25.3 Å². The van der Waals surface area contributed by atoms with Gasteiger partial charge in [-0.1, -0.05) is 0 Å². The maximum atomic E-state index is 13.0. The molecule has 0 atom stereocenters. The van der Waals surface area contributed by atoms with Gasteiger partial charge in [0.1, 0.15) is 11.5 Å². The van der Waals surface area contributed by atoms with Crippen LogP contribution in [-0.2, 0) is 0 Å². The molecule has 1 fully saturated rings. The van der Waals surface area contributed by atoms with Gasteiger partial charge in [-0.25, -0.2) is 9.97 Å². The number of hydrogen-bond acceptors (Lipinski definition) is 7. The first-order valence-corrected chi connectivity index (χ1v) is 11.6. The first-order chi connectivity index (χ1) is 16.2. The summed E-state index contributed by atoms with van der Waals surface area (Å²) in [5, 5.41) is 8.45. The molecule has 0 bridgehead atoms. The Balaban J connectivity index is 1.28. The first kappa shape index (κ1) is 19.8. The summed E-state index contributed by atoms with van der Waals surface area (Å²) in [6.45, 7) is 3.59. The van der Waals surface area contributed by atoms with Crippen LogP contribution in [0.4, 0.5) is 11.5 Å². The Kier molecular flexibility index (Phi) is 4.97. The molecule has 0 aliphatic carbocycles. The summed E-state index contributed by atoms with van der Waals surface area (Å²) in [5.74, 6) is 0.643. The van der Waals surface area contributed by atoms with Crippen molar-refractivity contribution < 1.29 is 4.79 Å². The molecule has 3 N–H and O–H groups in total. The molecule has 1 amide bonds. The van der Waals surface area contributed by atoms with Crippen molar-refractivity contribution >= 4 is 49.9 Å². The molecule has 0 radical (unpaired) electrons. The van der Waals surface area contributed by atoms with E-state index in [0.717, 1.165) is 63.6 Å². The summed E-state index contributed by atoms with van der Waals surface area (Å²) in [7, 11) is 0. The van der Waals surface area contributed by atoms with Gasteiger partial charge in [0.25, 0.3) is 5.91 Å². The minimum atomic E-state index is -0.181. The first-order valence-electron chi connectivity index (χ1n) is 10.8. The van der Waals surface area contributed by atoms with E-state index in [4.69, 9.17) is 0 Å². The van der Waals surface area contributed by atoms with E-state index in [1.165, 1.54) is 0 Å². The van der Waals surface area contributed by atoms with Crippen LogP contribution in [0.1, 0.15) is 10.4 Å². The van der Waals surface area contributed by atoms with E-state index in [2.05, 4.69) is 41.5 Å². The molecule has 1 aliphatic rings. The average Bonchev–Trinajstić information content (AvgIpc) is 3.48. The molecule has 1 saturated heterocycles. The minimum absolute atomic E-state index is 0.181. The fourth-order valence-corrected chi connectivity index (χ4v) is 5.18. The standard InChI is InChI=1S/C24H21N7OS/c32-24(16-2-4-27-22(10-16)31-7-5-25-6-8-31)30-17-11-18-19(13-29-23(18)28-12-17)20-9-15-1-3-26-14-21(15)33-20/h1-4,9-14,25H,5-8H2,(H,28,29)(H,30,32). The van der Waals surface area contributed by atoms with Gasteiger partial charge in [0.2, 0.25) is 0 Å². The summed E-state index contributed by atoms with van der Waals surface area (Å²) in [6, 6.07) is 9.72. The number of aromatic amines is 1. The van der Waals surface area contributed by atoms with Gasteiger partial charge >= 0.3 is 0 Å². The molecule has 5 aromatic rings. The van der Waals surface area contributed by atoms with Crippen LogP contribution in [-0.4, -0.2) is 52.0 Å². The number of piperazine rings is 1. The highest BCUT2D eigenvalue weighted by Crippen LogP contribution is 2.37. The highest BCUT2D eigenvalue weighted by molar-refractivity contribution is 7.22. The quantitative estimate of drug-likeness (QED) is 0.380. The molecule has 5 aromatic heterocycles. The summed E-state index contributed by atoms with van der Waals surface area (Å²) >= 11 is 1.69. The van der Waals surface area contributed by atoms with Crippen molar-refractivity contribution in [2.24, 2.45) is 0 Å². The minimum Gasteiger partial charge on any atom is -0.354 e. The molecule has 8 nitrogen and oxygen atoms in total. The number of carbonyl (C=O) groups is 1. The van der Waals surface area contributed by atoms with Crippen LogP contribution in [0.15, 0.2) is 61.3 Å². The molecule has 164 valence electrons. The van der Waals surface area contributed by atoms with Gasteiger partial charge in [-0.2, -0.15) is 0 Å². The fraction of sp³-hybridized carbons (Fsp3) is 0.167. The summed E-state index contributed by atoms with van der Waals surface area (Å²) in [4.78, 5) is 32.7. The van der Waals surface area contributed by atoms with E-state index in [1.54, 1.807) is 36.0 Å². The average molecular weight is 456 g/mol. The lowest BCUT2D eigenvalue weighted by molar-refractivity contribution is 0.102. The number of aromatic nitrogens is 4. The third-order valence-corrected chi connectivity index (χ3v) is 6.94. The Hall–Kier alpha value is -3.82. The third-order valence-electron chi connectivity index (χ3n) is 5.83. The van der Waals surface area contributed by atoms with E-state index in [9.17, 15) is 4.79 Å². The van der Waals surface area contributed by atoms with Crippen LogP contribution in [0.5, 0.6) is 0 Å². The van der Waals surface area contributed by atoms with E-state index in [0.29, 0.717) is 11.3 Å². The van der Waals surface area contributed by atoms with E-state index >= 15 is 0 Å². The fourth-order valence-electron chi connectivity index (χ4n) is 4.12. The number of anilines is 2. The summed E-state index contributed by atoms with van der Waals surface area (Å²) in [5.41, 5.74) is 3.06. The van der Waals surface area contributed by atoms with E-state index in [1.807, 2.05) is 30.6 Å². The highest BCUT2D eigenvalue weighted by Gasteiger charge is 2.16. The van der Waals surface area contributed by atoms with Crippen molar-refractivity contribution in [3.63, 3.8) is 0 Å². The highest BCUT2D eigenvalue weighted by atomic mass is 32.1. The van der Waals surface area contributed by atoms with Crippen LogP contribution in [0.3, 0.4) is 0 Å². The molecule has 9 heteroatoms. The molecular weight excluding hydrogens is 434 g/mol. The number of pyridine rings is 3. The molecular formula is C24H21N7OS. The van der Waals surface area contributed by atoms with Crippen molar-refractivity contribution in [3.05, 3.63) is 66.9 Å². The SMILES string of the molecule is O=C(Nc1cnc2[nH]cc(-c3cc4ccncc4s3)c2c1)c1ccnc(N2CCNCC2)c1. The van der Waals surface area contributed by atoms with Gasteiger partial charge in [0.15, 0.2) is 0 Å². The van der Waals surface area contributed by atoms with Crippen LogP contribution in [0.25, 0.3) is 31.6 Å². The maximum absolute atomic E-state index is 13.0. The topological polar surface area (TPSA) is 98.8 Å². The molecule has 0 unspecified atom stereocenters. The van der Waals surface area contributed by atoms with Gasteiger partial charge in [-0.15, -0.1) is 11.3 Å². The van der Waals surface area contributed by atoms with Gasteiger partial charge in [-0.3, -0.25) is 9.78 Å².